The van der Waals surface area contributed by atoms with E-state index in [4.69, 9.17) is 38.4 Å². The second-order valence-corrected chi connectivity index (χ2v) is 9.64. The highest BCUT2D eigenvalue weighted by Gasteiger charge is 2.22. The molecule has 8 nitrogen and oxygen atoms in total. The average molecular weight is 517 g/mol. The molecule has 1 N–H and O–H groups in total. The summed E-state index contributed by atoms with van der Waals surface area (Å²) in [6.07, 6.45) is 2.73. The number of aryl methyl sites for hydroxylation is 1. The van der Waals surface area contributed by atoms with Crippen molar-refractivity contribution in [2.75, 3.05) is 0 Å². The van der Waals surface area contributed by atoms with Crippen molar-refractivity contribution >= 4 is 40.6 Å². The van der Waals surface area contributed by atoms with Gasteiger partial charge in [-0.15, -0.1) is 29.7 Å². The molecule has 2 aromatic carbocycles. The summed E-state index contributed by atoms with van der Waals surface area (Å²) in [6.45, 7) is 6.18. The molecule has 0 saturated carbocycles. The maximum absolute atomic E-state index is 6.60. The van der Waals surface area contributed by atoms with Gasteiger partial charge in [0.15, 0.2) is 17.1 Å². The Bertz CT molecular complexity index is 1790. The van der Waals surface area contributed by atoms with Crippen LogP contribution in [0.25, 0.3) is 39.9 Å². The van der Waals surface area contributed by atoms with E-state index < -0.39 is 0 Å². The zero-order valence-corrected chi connectivity index (χ0v) is 21.4. The minimum absolute atomic E-state index is 0.206. The molecule has 6 rings (SSSR count). The van der Waals surface area contributed by atoms with E-state index in [1.807, 2.05) is 61.5 Å². The van der Waals surface area contributed by atoms with E-state index in [1.54, 1.807) is 9.26 Å². The Kier molecular flexibility index (Phi) is 5.50. The summed E-state index contributed by atoms with van der Waals surface area (Å²) in [6, 6.07) is 15.3. The number of benzene rings is 2. The first-order chi connectivity index (χ1) is 17.4. The fourth-order valence-electron chi connectivity index (χ4n) is 4.22. The van der Waals surface area contributed by atoms with E-state index in [2.05, 4.69) is 29.0 Å². The molecule has 180 valence electrons. The molecule has 10 heteroatoms. The zero-order chi connectivity index (χ0) is 25.0. The lowest BCUT2D eigenvalue weighted by atomic mass is 10.0. The third-order valence-electron chi connectivity index (χ3n) is 6.09. The number of nitrogens with one attached hydrogen (secondary N) is 1. The van der Waals surface area contributed by atoms with E-state index in [-0.39, 0.29) is 5.92 Å². The molecular formula is C26H22Cl2N8. The second kappa shape index (κ2) is 8.72. The molecule has 0 aliphatic rings. The zero-order valence-electron chi connectivity index (χ0n) is 19.9. The summed E-state index contributed by atoms with van der Waals surface area (Å²) in [5, 5.41) is 20.8. The van der Waals surface area contributed by atoms with Crippen LogP contribution in [0.15, 0.2) is 48.5 Å². The number of hydrogen-bond acceptors (Lipinski definition) is 5. The highest BCUT2D eigenvalue weighted by Crippen LogP contribution is 2.32. The monoisotopic (exact) mass is 516 g/mol. The number of rotatable bonds is 5. The van der Waals surface area contributed by atoms with Gasteiger partial charge in [-0.2, -0.15) is 0 Å². The number of aromatic amines is 1. The number of H-pyrrole nitrogens is 1. The molecule has 0 unspecified atom stereocenters. The van der Waals surface area contributed by atoms with E-state index in [0.29, 0.717) is 39.3 Å². The summed E-state index contributed by atoms with van der Waals surface area (Å²) in [7, 11) is 0. The molecule has 0 saturated heterocycles. The van der Waals surface area contributed by atoms with Gasteiger partial charge in [0.1, 0.15) is 17.2 Å². The summed E-state index contributed by atoms with van der Waals surface area (Å²) >= 11 is 13.2. The minimum Gasteiger partial charge on any atom is -0.325 e. The van der Waals surface area contributed by atoms with Gasteiger partial charge in [0.25, 0.3) is 0 Å². The van der Waals surface area contributed by atoms with Crippen molar-refractivity contribution in [3.8, 4) is 22.5 Å². The third kappa shape index (κ3) is 3.65. The third-order valence-corrected chi connectivity index (χ3v) is 6.75. The Morgan fingerprint density at radius 1 is 0.861 bits per heavy atom. The van der Waals surface area contributed by atoms with Gasteiger partial charge in [-0.05, 0) is 18.2 Å². The second-order valence-electron chi connectivity index (χ2n) is 8.83. The van der Waals surface area contributed by atoms with Crippen molar-refractivity contribution in [2.24, 2.45) is 0 Å². The molecule has 0 aliphatic carbocycles. The summed E-state index contributed by atoms with van der Waals surface area (Å²) in [4.78, 5) is 8.20. The molecule has 0 aliphatic heterocycles. The topological polar surface area (TPSA) is 89.1 Å². The van der Waals surface area contributed by atoms with Crippen LogP contribution in [0.2, 0.25) is 10.0 Å². The molecule has 0 fully saturated rings. The molecule has 0 bridgehead atoms. The van der Waals surface area contributed by atoms with Crippen molar-refractivity contribution in [1.29, 1.82) is 0 Å². The van der Waals surface area contributed by atoms with Gasteiger partial charge < -0.3 is 4.98 Å². The first-order valence-corrected chi connectivity index (χ1v) is 12.5. The molecule has 0 radical (unpaired) electrons. The molecule has 4 aromatic heterocycles. The maximum atomic E-state index is 6.60. The number of fused-ring (bicyclic) bond motifs is 2. The first kappa shape index (κ1) is 22.7. The van der Waals surface area contributed by atoms with Gasteiger partial charge in [0, 0.05) is 29.0 Å². The molecule has 0 spiro atoms. The summed E-state index contributed by atoms with van der Waals surface area (Å²) < 4.78 is 3.20. The average Bonchev–Trinajstić information content (AvgIpc) is 3.60. The Morgan fingerprint density at radius 2 is 1.50 bits per heavy atom. The Balaban J connectivity index is 1.72. The van der Waals surface area contributed by atoms with Crippen molar-refractivity contribution in [3.05, 3.63) is 81.0 Å². The van der Waals surface area contributed by atoms with Crippen LogP contribution in [0.4, 0.5) is 0 Å². The van der Waals surface area contributed by atoms with E-state index in [9.17, 15) is 0 Å². The number of nitrogens with zero attached hydrogens (tertiary/aromatic N) is 7. The van der Waals surface area contributed by atoms with Crippen LogP contribution in [0.3, 0.4) is 0 Å². The van der Waals surface area contributed by atoms with Crippen LogP contribution >= 0.6 is 23.2 Å². The Labute approximate surface area is 216 Å². The van der Waals surface area contributed by atoms with Crippen LogP contribution in [-0.2, 0) is 6.42 Å². The molecule has 4 heterocycles. The largest absolute Gasteiger partial charge is 0.325 e. The van der Waals surface area contributed by atoms with Crippen LogP contribution in [0.1, 0.15) is 43.9 Å². The Morgan fingerprint density at radius 3 is 2.14 bits per heavy atom. The Hall–Kier alpha value is -3.75. The van der Waals surface area contributed by atoms with Crippen LogP contribution in [0, 0.1) is 0 Å². The van der Waals surface area contributed by atoms with E-state index in [0.717, 1.165) is 33.4 Å². The van der Waals surface area contributed by atoms with Gasteiger partial charge in [-0.3, -0.25) is 0 Å². The normalized spacial score (nSPS) is 12.6. The molecule has 36 heavy (non-hydrogen) atoms. The summed E-state index contributed by atoms with van der Waals surface area (Å²) in [5.74, 6) is 1.76. The molecular weight excluding hydrogens is 495 g/mol. The number of hydrogen-bond donors (Lipinski definition) is 1. The minimum atomic E-state index is 0.206. The predicted octanol–water partition coefficient (Wildman–Crippen LogP) is 5.37. The van der Waals surface area contributed by atoms with Crippen LogP contribution in [-0.4, -0.2) is 39.6 Å². The predicted molar refractivity (Wildman–Crippen MR) is 141 cm³/mol. The summed E-state index contributed by atoms with van der Waals surface area (Å²) in [5.41, 5.74) is 5.22. The smallest absolute Gasteiger partial charge is 0.185 e. The quantitative estimate of drug-likeness (QED) is 0.332. The van der Waals surface area contributed by atoms with Gasteiger partial charge in [0.2, 0.25) is 0 Å². The molecule has 0 atom stereocenters. The number of halogens is 2. The van der Waals surface area contributed by atoms with Gasteiger partial charge in [-0.1, -0.05) is 80.4 Å². The lowest BCUT2D eigenvalue weighted by Gasteiger charge is -2.03. The van der Waals surface area contributed by atoms with E-state index in [1.165, 1.54) is 0 Å². The van der Waals surface area contributed by atoms with Gasteiger partial charge in [0.05, 0.1) is 15.3 Å². The SMILES string of the molecule is CCc1nc2c(=Cc3c(-c4ccccc4Cl)nn4nc(C(C)C)[nH]c34)c(-c3ccccc3Cl)nn2n1. The lowest BCUT2D eigenvalue weighted by Crippen LogP contribution is -2.05. The van der Waals surface area contributed by atoms with Crippen molar-refractivity contribution in [3.63, 3.8) is 0 Å². The van der Waals surface area contributed by atoms with Crippen molar-refractivity contribution in [2.45, 2.75) is 33.1 Å². The first-order valence-electron chi connectivity index (χ1n) is 11.7. The van der Waals surface area contributed by atoms with Crippen LogP contribution < -0.4 is 5.22 Å². The lowest BCUT2D eigenvalue weighted by molar-refractivity contribution is 0.731. The fraction of sp³-hybridized carbons (Fsp3) is 0.192. The number of aromatic nitrogens is 8. The van der Waals surface area contributed by atoms with Crippen molar-refractivity contribution in [1.82, 2.24) is 39.6 Å². The van der Waals surface area contributed by atoms with Crippen LogP contribution in [0.5, 0.6) is 0 Å². The molecule has 0 amide bonds. The maximum Gasteiger partial charge on any atom is 0.185 e. The molecule has 6 aromatic rings. The highest BCUT2D eigenvalue weighted by atomic mass is 35.5. The fourth-order valence-corrected chi connectivity index (χ4v) is 4.67. The van der Waals surface area contributed by atoms with Crippen molar-refractivity contribution < 1.29 is 0 Å². The standard InChI is InChI=1S/C26H22Cl2N8/c1-4-21-29-25-17(22(32-35(25)31-21)15-9-5-7-11-19(15)27)13-18-23(16-10-6-8-12-20(16)28)33-36-26(18)30-24(34-36)14(2)3/h5-14H,4H2,1-3H3,(H,30,34). The van der Waals surface area contributed by atoms with Gasteiger partial charge in [-0.25, -0.2) is 4.98 Å². The highest BCUT2D eigenvalue weighted by molar-refractivity contribution is 6.33. The van der Waals surface area contributed by atoms with Gasteiger partial charge >= 0.3 is 0 Å². The van der Waals surface area contributed by atoms with E-state index >= 15 is 0 Å².